The van der Waals surface area contributed by atoms with Crippen LogP contribution in [0.25, 0.3) is 5.57 Å². The third kappa shape index (κ3) is 3.62. The minimum Gasteiger partial charge on any atom is -0.347 e. The van der Waals surface area contributed by atoms with Gasteiger partial charge in [-0.3, -0.25) is 4.79 Å². The van der Waals surface area contributed by atoms with Gasteiger partial charge in [-0.15, -0.1) is 4.33 Å². The van der Waals surface area contributed by atoms with Crippen LogP contribution in [0.3, 0.4) is 0 Å². The van der Waals surface area contributed by atoms with Gasteiger partial charge < -0.3 is 14.4 Å². The molecule has 3 aliphatic rings. The zero-order chi connectivity index (χ0) is 21.7. The first-order chi connectivity index (χ1) is 14.2. The molecule has 2 aliphatic carbocycles. The zero-order valence-electron chi connectivity index (χ0n) is 18.8. The van der Waals surface area contributed by atoms with Gasteiger partial charge in [0.05, 0.1) is 17.8 Å². The predicted molar refractivity (Wildman–Crippen MR) is 118 cm³/mol. The highest BCUT2D eigenvalue weighted by Crippen LogP contribution is 2.56. The summed E-state index contributed by atoms with van der Waals surface area (Å²) in [5.74, 6) is -0.00956. The van der Waals surface area contributed by atoms with Gasteiger partial charge >= 0.3 is 0 Å². The number of ketones is 1. The van der Waals surface area contributed by atoms with Crippen molar-refractivity contribution in [2.45, 2.75) is 71.7 Å². The molecule has 3 atom stereocenters. The maximum Gasteiger partial charge on any atom is 0.170 e. The molecule has 1 saturated carbocycles. The minimum absolute atomic E-state index is 0.0483. The molecule has 1 aliphatic heterocycles. The second-order valence-corrected chi connectivity index (χ2v) is 9.65. The Morgan fingerprint density at radius 1 is 1.13 bits per heavy atom. The number of Topliss-reactive ketones (excluding diaryl/α,β-unsaturated/α-hetero) is 1. The van der Waals surface area contributed by atoms with Crippen molar-refractivity contribution in [2.75, 3.05) is 12.9 Å². The molecule has 1 aromatic rings. The lowest BCUT2D eigenvalue weighted by molar-refractivity contribution is -0.165. The molecule has 1 saturated heterocycles. The first kappa shape index (κ1) is 21.9. The number of aryl methyl sites for hydroxylation is 3. The van der Waals surface area contributed by atoms with Crippen LogP contribution in [0.4, 0.5) is 0 Å². The summed E-state index contributed by atoms with van der Waals surface area (Å²) < 4.78 is 17.5. The van der Waals surface area contributed by atoms with Crippen LogP contribution in [0.15, 0.2) is 17.9 Å². The van der Waals surface area contributed by atoms with E-state index in [4.69, 9.17) is 18.7 Å². The lowest BCUT2D eigenvalue weighted by Crippen LogP contribution is -2.32. The van der Waals surface area contributed by atoms with E-state index >= 15 is 0 Å². The fourth-order valence-electron chi connectivity index (χ4n) is 5.54. The molecule has 164 valence electrons. The van der Waals surface area contributed by atoms with Gasteiger partial charge in [-0.05, 0) is 63.1 Å². The Bertz CT molecular complexity index is 865. The summed E-state index contributed by atoms with van der Waals surface area (Å²) in [4.78, 5) is 19.6. The van der Waals surface area contributed by atoms with Gasteiger partial charge in [-0.1, -0.05) is 31.5 Å². The molecule has 6 heteroatoms. The number of hydrogen-bond donors (Lipinski definition) is 0. The Morgan fingerprint density at radius 3 is 2.30 bits per heavy atom. The molecule has 0 N–H and O–H groups in total. The van der Waals surface area contributed by atoms with E-state index in [0.717, 1.165) is 30.4 Å². The van der Waals surface area contributed by atoms with Crippen LogP contribution in [-0.2, 0) is 36.3 Å². The first-order valence-corrected chi connectivity index (χ1v) is 12.0. The van der Waals surface area contributed by atoms with E-state index in [0.29, 0.717) is 30.8 Å². The highest BCUT2D eigenvalue weighted by atomic mass is 32.2. The molecule has 3 unspecified atom stereocenters. The average Bonchev–Trinajstić information content (AvgIpc) is 3.30. The summed E-state index contributed by atoms with van der Waals surface area (Å²) in [6.07, 6.45) is 4.90. The second kappa shape index (κ2) is 7.97. The van der Waals surface area contributed by atoms with Gasteiger partial charge in [0.15, 0.2) is 17.3 Å². The van der Waals surface area contributed by atoms with E-state index in [1.165, 1.54) is 16.7 Å². The zero-order valence-corrected chi connectivity index (χ0v) is 19.6. The van der Waals surface area contributed by atoms with E-state index in [2.05, 4.69) is 32.9 Å². The Kier molecular flexibility index (Phi) is 5.81. The molecule has 0 amide bonds. The Hall–Kier alpha value is -1.34. The smallest absolute Gasteiger partial charge is 0.170 e. The fourth-order valence-corrected chi connectivity index (χ4v) is 5.68. The SMILES string of the molecule is CCc1cc(C)cc(CC)c1C1=C(OOSC)C2CC3(COC(C)(C)O3)CC2C1=O. The molecule has 1 spiro atoms. The largest absolute Gasteiger partial charge is 0.347 e. The molecule has 1 aromatic carbocycles. The van der Waals surface area contributed by atoms with Crippen LogP contribution in [0.5, 0.6) is 0 Å². The monoisotopic (exact) mass is 432 g/mol. The minimum atomic E-state index is -0.618. The topological polar surface area (TPSA) is 54.0 Å². The van der Waals surface area contributed by atoms with Crippen molar-refractivity contribution in [3.8, 4) is 0 Å². The number of carbonyl (C=O) groups is 1. The number of hydrogen-bond acceptors (Lipinski definition) is 6. The van der Waals surface area contributed by atoms with Gasteiger partial charge in [0.1, 0.15) is 0 Å². The Labute approximate surface area is 183 Å². The molecule has 0 bridgehead atoms. The Balaban J connectivity index is 1.81. The quantitative estimate of drug-likeness (QED) is 0.350. The summed E-state index contributed by atoms with van der Waals surface area (Å²) in [6.45, 7) is 10.8. The Morgan fingerprint density at radius 2 is 1.77 bits per heavy atom. The first-order valence-electron chi connectivity index (χ1n) is 10.9. The van der Waals surface area contributed by atoms with Gasteiger partial charge in [0.25, 0.3) is 0 Å². The van der Waals surface area contributed by atoms with Crippen LogP contribution in [0, 0.1) is 18.8 Å². The van der Waals surface area contributed by atoms with Crippen molar-refractivity contribution in [3.63, 3.8) is 0 Å². The molecule has 1 heterocycles. The van der Waals surface area contributed by atoms with Gasteiger partial charge in [0, 0.05) is 30.1 Å². The van der Waals surface area contributed by atoms with Crippen LogP contribution in [0.2, 0.25) is 0 Å². The standard InChI is InChI=1S/C24H32O5S/c1-7-15-9-14(3)10-16(8-2)19(15)20-21(25)17-11-24(13-26-23(4,5)28-24)12-18(17)22(20)27-29-30-6/h9-10,17-18H,7-8,11-13H2,1-6H3. The van der Waals surface area contributed by atoms with E-state index < -0.39 is 11.4 Å². The number of ether oxygens (including phenoxy) is 2. The lowest BCUT2D eigenvalue weighted by atomic mass is 9.86. The fraction of sp³-hybridized carbons (Fsp3) is 0.625. The maximum atomic E-state index is 13.8. The number of fused-ring (bicyclic) bond motifs is 1. The summed E-state index contributed by atoms with van der Waals surface area (Å²) in [5.41, 5.74) is 4.93. The van der Waals surface area contributed by atoms with Gasteiger partial charge in [-0.2, -0.15) is 0 Å². The van der Waals surface area contributed by atoms with Crippen LogP contribution < -0.4 is 0 Å². The molecule has 0 aromatic heterocycles. The van der Waals surface area contributed by atoms with Crippen molar-refractivity contribution in [3.05, 3.63) is 40.1 Å². The highest BCUT2D eigenvalue weighted by molar-refractivity contribution is 7.93. The average molecular weight is 433 g/mol. The lowest BCUT2D eigenvalue weighted by Gasteiger charge is -2.26. The van der Waals surface area contributed by atoms with Crippen molar-refractivity contribution in [1.82, 2.24) is 0 Å². The van der Waals surface area contributed by atoms with Crippen LogP contribution >= 0.6 is 12.0 Å². The summed E-state index contributed by atoms with van der Waals surface area (Å²) >= 11 is 1.14. The second-order valence-electron chi connectivity index (χ2n) is 9.18. The summed E-state index contributed by atoms with van der Waals surface area (Å²) in [5, 5.41) is 0. The number of allylic oxidation sites excluding steroid dienone is 2. The molecular weight excluding hydrogens is 400 g/mol. The molecule has 5 nitrogen and oxygen atoms in total. The predicted octanol–water partition coefficient (Wildman–Crippen LogP) is 5.19. The van der Waals surface area contributed by atoms with Crippen molar-refractivity contribution in [1.29, 1.82) is 0 Å². The summed E-state index contributed by atoms with van der Waals surface area (Å²) in [6, 6.07) is 4.38. The van der Waals surface area contributed by atoms with E-state index in [-0.39, 0.29) is 17.6 Å². The molecule has 0 radical (unpaired) electrons. The van der Waals surface area contributed by atoms with Gasteiger partial charge in [-0.25, -0.2) is 0 Å². The molecule has 2 fully saturated rings. The summed E-state index contributed by atoms with van der Waals surface area (Å²) in [7, 11) is 0. The normalized spacial score (nSPS) is 29.9. The molecule has 4 rings (SSSR count). The van der Waals surface area contributed by atoms with Crippen molar-refractivity contribution >= 4 is 23.4 Å². The number of carbonyl (C=O) groups excluding carboxylic acids is 1. The number of rotatable bonds is 6. The third-order valence-electron chi connectivity index (χ3n) is 6.63. The third-order valence-corrected chi connectivity index (χ3v) is 6.83. The van der Waals surface area contributed by atoms with E-state index in [1.807, 2.05) is 20.1 Å². The van der Waals surface area contributed by atoms with Gasteiger partial charge in [0.2, 0.25) is 0 Å². The highest BCUT2D eigenvalue weighted by Gasteiger charge is 2.60. The van der Waals surface area contributed by atoms with Crippen LogP contribution in [-0.4, -0.2) is 30.0 Å². The number of benzene rings is 1. The van der Waals surface area contributed by atoms with Crippen LogP contribution in [0.1, 0.15) is 62.8 Å². The van der Waals surface area contributed by atoms with Crippen molar-refractivity contribution < 1.29 is 23.5 Å². The molecule has 30 heavy (non-hydrogen) atoms. The van der Waals surface area contributed by atoms with E-state index in [9.17, 15) is 4.79 Å². The molecular formula is C24H32O5S. The van der Waals surface area contributed by atoms with E-state index in [1.54, 1.807) is 0 Å². The maximum absolute atomic E-state index is 13.8. The van der Waals surface area contributed by atoms with Crippen molar-refractivity contribution in [2.24, 2.45) is 11.8 Å².